The number of aromatic nitrogens is 12. The second-order valence-electron chi connectivity index (χ2n) is 19.5. The van der Waals surface area contributed by atoms with Gasteiger partial charge in [-0.15, -0.1) is 12.4 Å². The van der Waals surface area contributed by atoms with Crippen molar-refractivity contribution in [1.82, 2.24) is 65.3 Å². The molecule has 27 nitrogen and oxygen atoms in total. The van der Waals surface area contributed by atoms with E-state index in [0.717, 1.165) is 160 Å². The summed E-state index contributed by atoms with van der Waals surface area (Å²) in [6.07, 6.45) is 43.6. The molecule has 0 aliphatic heterocycles. The lowest BCUT2D eigenvalue weighted by molar-refractivity contribution is -0.144. The van der Waals surface area contributed by atoms with E-state index in [9.17, 15) is 19.2 Å². The second-order valence-corrected chi connectivity index (χ2v) is 20.7. The number of hydroxylamine groups is 1. The number of hydrogen-bond acceptors (Lipinski definition) is 26. The lowest BCUT2D eigenvalue weighted by Gasteiger charge is -2.22. The zero-order chi connectivity index (χ0) is 64.5. The number of rotatable bonds is 35. The third-order valence-electron chi connectivity index (χ3n) is 12.8. The van der Waals surface area contributed by atoms with Crippen LogP contribution in [0.25, 0.3) is 22.2 Å². The van der Waals surface area contributed by atoms with Gasteiger partial charge < -0.3 is 43.9 Å². The first-order valence-corrected chi connectivity index (χ1v) is 31.6. The molecule has 0 bridgehead atoms. The molecule has 0 saturated carbocycles. The van der Waals surface area contributed by atoms with Crippen molar-refractivity contribution in [2.24, 2.45) is 5.73 Å². The number of esters is 3. The normalized spacial score (nSPS) is 10.2. The number of amides is 1. The van der Waals surface area contributed by atoms with Crippen molar-refractivity contribution in [3.05, 3.63) is 115 Å². The van der Waals surface area contributed by atoms with Gasteiger partial charge in [-0.2, -0.15) is 0 Å². The molecule has 0 spiro atoms. The van der Waals surface area contributed by atoms with Crippen LogP contribution in [0, 0.1) is 3.70 Å². The van der Waals surface area contributed by atoms with Crippen molar-refractivity contribution < 1.29 is 47.4 Å². The van der Waals surface area contributed by atoms with Crippen LogP contribution >= 0.6 is 35.0 Å². The molecule has 8 rings (SSSR count). The molecule has 0 radical (unpaired) electrons. The van der Waals surface area contributed by atoms with Crippen LogP contribution < -0.4 is 26.3 Å². The molecule has 0 aliphatic carbocycles. The van der Waals surface area contributed by atoms with Crippen LogP contribution in [0.15, 0.2) is 121 Å². The smallest absolute Gasteiger partial charge is 0.305 e. The summed E-state index contributed by atoms with van der Waals surface area (Å²) in [5.41, 5.74) is 8.04. The van der Waals surface area contributed by atoms with Crippen LogP contribution in [-0.4, -0.2) is 135 Å². The topological polar surface area (TPSA) is 354 Å². The third-order valence-corrected chi connectivity index (χ3v) is 13.3. The molecule has 0 fully saturated rings. The van der Waals surface area contributed by atoms with Gasteiger partial charge in [0.25, 0.3) is 0 Å². The van der Waals surface area contributed by atoms with E-state index in [4.69, 9.17) is 34.0 Å². The monoisotopic (exact) mass is 1410 g/mol. The van der Waals surface area contributed by atoms with Crippen molar-refractivity contribution in [2.75, 3.05) is 61.1 Å². The molecule has 0 unspecified atom stereocenters. The predicted molar refractivity (Wildman–Crippen MR) is 362 cm³/mol. The number of fused-ring (bicyclic) bond motifs is 2. The number of nitrogens with one attached hydrogen (secondary N) is 2. The first-order valence-electron chi connectivity index (χ1n) is 30.6. The molecule has 0 aliphatic rings. The quantitative estimate of drug-likeness (QED) is 0.00716. The Labute approximate surface area is 558 Å². The second kappa shape index (κ2) is 51.4. The Morgan fingerprint density at radius 1 is 0.511 bits per heavy atom. The zero-order valence-corrected chi connectivity index (χ0v) is 55.2. The van der Waals surface area contributed by atoms with E-state index in [-0.39, 0.29) is 43.6 Å². The largest absolute Gasteiger partial charge is 0.466 e. The Kier molecular flexibility index (Phi) is 44.6. The van der Waals surface area contributed by atoms with Crippen LogP contribution in [0.3, 0.4) is 0 Å². The minimum Gasteiger partial charge on any atom is -0.466 e. The van der Waals surface area contributed by atoms with Crippen LogP contribution in [0.1, 0.15) is 157 Å². The van der Waals surface area contributed by atoms with E-state index in [1.807, 2.05) is 42.7 Å². The van der Waals surface area contributed by atoms with Crippen molar-refractivity contribution in [3.63, 3.8) is 0 Å². The number of carbonyl (C=O) groups is 4. The maximum absolute atomic E-state index is 11.4. The first-order chi connectivity index (χ1) is 44.1. The molecule has 0 atom stereocenters. The highest BCUT2D eigenvalue weighted by Gasteiger charge is 2.19. The van der Waals surface area contributed by atoms with Gasteiger partial charge in [0, 0.05) is 94.9 Å². The van der Waals surface area contributed by atoms with Gasteiger partial charge in [-0.05, 0) is 113 Å². The SMILES string of the molecule is C.CCOC(=O)CCCCCCN.CCOC(=O)CCCCCCN(c1cnccn1)c1ncnc2occc12.CCOC(=O)CCCCCCNc1cnccn1.Cl.Ic1cnccn1.O=C(CCCCCCN(c1cnccn1)c1ncnc2occc12)NO. The number of hydrogen-bond donors (Lipinski definition) is 4. The lowest BCUT2D eigenvalue weighted by atomic mass is 10.1. The fourth-order valence-corrected chi connectivity index (χ4v) is 8.78. The highest BCUT2D eigenvalue weighted by Crippen LogP contribution is 2.30. The average molecular weight is 1410 g/mol. The standard InChI is InChI=1S/C19H23N5O3.C17H20N6O3.C13H21N3O2.C9H19NO2.C4H3IN2.CH4.ClH/c1-2-26-17(25)7-5-3-4-6-11-24(16-13-20-9-10-21-16)18-15-8-12-27-19(15)23-14-22-18;24-15(22-25)5-3-1-2-4-9-23(14-11-18-7-8-19-14)16-13-6-10-26-17(13)21-12-20-16;1-2-18-13(17)7-5-3-4-6-8-15-12-11-14-9-10-16-12;1-2-12-9(11)7-5-3-4-6-8-10;5-4-3-6-1-2-7-4;;/h8-10,12-14H,2-7,11H2,1H3;6-8,10-12,25H,1-5,9H2,(H,22,24);9-11H,2-8H2,1H3,(H,15,16);2-8,10H2,1H3;1-3H;1H4;1H. The van der Waals surface area contributed by atoms with Gasteiger partial charge in [-0.25, -0.2) is 45.4 Å². The number of furan rings is 2. The molecule has 1 amide bonds. The molecule has 0 aromatic carbocycles. The van der Waals surface area contributed by atoms with Crippen molar-refractivity contribution in [3.8, 4) is 0 Å². The number of anilines is 5. The maximum atomic E-state index is 11.4. The van der Waals surface area contributed by atoms with Crippen molar-refractivity contribution in [1.29, 1.82) is 0 Å². The Morgan fingerprint density at radius 2 is 0.924 bits per heavy atom. The van der Waals surface area contributed by atoms with Crippen LogP contribution in [0.4, 0.5) is 29.1 Å². The Morgan fingerprint density at radius 3 is 1.30 bits per heavy atom. The summed E-state index contributed by atoms with van der Waals surface area (Å²) in [6.45, 7) is 9.94. The van der Waals surface area contributed by atoms with E-state index >= 15 is 0 Å². The number of unbranched alkanes of at least 4 members (excludes halogenated alkanes) is 12. The maximum Gasteiger partial charge on any atom is 0.305 e. The molecule has 29 heteroatoms. The summed E-state index contributed by atoms with van der Waals surface area (Å²) in [6, 6.07) is 3.69. The van der Waals surface area contributed by atoms with Gasteiger partial charge in [0.15, 0.2) is 11.6 Å². The van der Waals surface area contributed by atoms with Crippen LogP contribution in [0.2, 0.25) is 0 Å². The number of ether oxygens (including phenoxy) is 3. The molecular formula is C63H91ClIN17O10. The Bertz CT molecular complexity index is 3150. The van der Waals surface area contributed by atoms with E-state index < -0.39 is 0 Å². The summed E-state index contributed by atoms with van der Waals surface area (Å²) < 4.78 is 26.3. The molecular weight excluding hydrogens is 1320 g/mol. The number of carbonyl (C=O) groups excluding carboxylic acids is 4. The summed E-state index contributed by atoms with van der Waals surface area (Å²) in [5, 5.41) is 13.3. The molecule has 8 aromatic rings. The first kappa shape index (κ1) is 79.9. The lowest BCUT2D eigenvalue weighted by Crippen LogP contribution is -2.21. The fourth-order valence-electron chi connectivity index (χ4n) is 8.46. The Hall–Kier alpha value is -8.22. The zero-order valence-electron chi connectivity index (χ0n) is 52.2. The van der Waals surface area contributed by atoms with Crippen LogP contribution in [-0.2, 0) is 33.4 Å². The van der Waals surface area contributed by atoms with E-state index in [0.29, 0.717) is 69.3 Å². The molecule has 92 heavy (non-hydrogen) atoms. The summed E-state index contributed by atoms with van der Waals surface area (Å²) >= 11 is 2.11. The van der Waals surface area contributed by atoms with Crippen molar-refractivity contribution >= 4 is 110 Å². The molecule has 5 N–H and O–H groups in total. The molecule has 8 aromatic heterocycles. The van der Waals surface area contributed by atoms with E-state index in [2.05, 4.69) is 87.7 Å². The number of halogens is 2. The minimum atomic E-state index is -0.352. The highest BCUT2D eigenvalue weighted by molar-refractivity contribution is 14.1. The van der Waals surface area contributed by atoms with Crippen LogP contribution in [0.5, 0.6) is 0 Å². The van der Waals surface area contributed by atoms with Gasteiger partial charge in [0.2, 0.25) is 17.3 Å². The van der Waals surface area contributed by atoms with Crippen molar-refractivity contribution in [2.45, 2.75) is 157 Å². The summed E-state index contributed by atoms with van der Waals surface area (Å²) in [4.78, 5) is 98.4. The van der Waals surface area contributed by atoms with Gasteiger partial charge in [-0.1, -0.05) is 58.8 Å². The summed E-state index contributed by atoms with van der Waals surface area (Å²) in [7, 11) is 0. The summed E-state index contributed by atoms with van der Waals surface area (Å²) in [5.74, 6) is 3.07. The fraction of sp³-hybridized carbons (Fsp3) is 0.492. The molecule has 0 saturated heterocycles. The van der Waals surface area contributed by atoms with Gasteiger partial charge in [0.1, 0.15) is 33.8 Å². The molecule has 8 heterocycles. The highest BCUT2D eigenvalue weighted by atomic mass is 127. The van der Waals surface area contributed by atoms with E-state index in [1.54, 1.807) is 92.4 Å². The van der Waals surface area contributed by atoms with Gasteiger partial charge in [0.05, 0.1) is 67.9 Å². The number of nitrogens with zero attached hydrogens (tertiary/aromatic N) is 14. The predicted octanol–water partition coefficient (Wildman–Crippen LogP) is 12.3. The van der Waals surface area contributed by atoms with Gasteiger partial charge in [-0.3, -0.25) is 44.3 Å². The number of nitrogens with two attached hydrogens (primary N) is 1. The average Bonchev–Trinajstić information content (AvgIpc) is 2.51. The minimum absolute atomic E-state index is 0. The third kappa shape index (κ3) is 33.7. The van der Waals surface area contributed by atoms with Gasteiger partial charge >= 0.3 is 17.9 Å². The van der Waals surface area contributed by atoms with E-state index in [1.165, 1.54) is 12.7 Å². The Balaban J connectivity index is 0.000000413. The molecule has 502 valence electrons.